The molecule has 0 spiro atoms. The van der Waals surface area contributed by atoms with E-state index in [0.717, 1.165) is 11.2 Å². The van der Waals surface area contributed by atoms with E-state index in [0.29, 0.717) is 6.54 Å². The zero-order valence-electron chi connectivity index (χ0n) is 11.1. The molecular weight excluding hydrogens is 260 g/mol. The summed E-state index contributed by atoms with van der Waals surface area (Å²) in [6, 6.07) is 0. The van der Waals surface area contributed by atoms with Crippen LogP contribution < -0.4 is 0 Å². The Balaban J connectivity index is 4.84. The molecule has 0 aliphatic rings. The molecule has 0 aromatic rings. The number of carbonyl (C=O) groups is 2. The minimum Gasteiger partial charge on any atom is -0.480 e. The first-order chi connectivity index (χ1) is 8.05. The molecule has 1 amide bonds. The highest BCUT2D eigenvalue weighted by atomic mass is 32.2. The van der Waals surface area contributed by atoms with Crippen LogP contribution in [0.1, 0.15) is 6.92 Å². The summed E-state index contributed by atoms with van der Waals surface area (Å²) in [5, 5.41) is 7.50. The normalized spacial score (nSPS) is 13.4. The van der Waals surface area contributed by atoms with Gasteiger partial charge < -0.3 is 14.9 Å². The van der Waals surface area contributed by atoms with E-state index in [1.165, 1.54) is 6.92 Å². The lowest BCUT2D eigenvalue weighted by Gasteiger charge is -2.24. The van der Waals surface area contributed by atoms with Crippen LogP contribution in [-0.2, 0) is 19.4 Å². The molecule has 0 heterocycles. The summed E-state index contributed by atoms with van der Waals surface area (Å²) in [7, 11) is 0.0432. The third-order valence-electron chi connectivity index (χ3n) is 2.44. The first-order valence-electron chi connectivity index (χ1n) is 5.40. The smallest absolute Gasteiger partial charge is 0.323 e. The van der Waals surface area contributed by atoms with Crippen molar-refractivity contribution in [3.05, 3.63) is 0 Å². The van der Waals surface area contributed by atoms with Gasteiger partial charge >= 0.3 is 5.97 Å². The van der Waals surface area contributed by atoms with E-state index in [9.17, 15) is 18.0 Å². The molecule has 7 nitrogen and oxygen atoms in total. The molecule has 106 valence electrons. The molecule has 1 unspecified atom stereocenters. The van der Waals surface area contributed by atoms with Crippen molar-refractivity contribution in [1.82, 2.24) is 9.80 Å². The zero-order valence-corrected chi connectivity index (χ0v) is 11.9. The van der Waals surface area contributed by atoms with Crippen molar-refractivity contribution in [1.29, 1.82) is 0 Å². The molecule has 1 N–H and O–H groups in total. The average Bonchev–Trinajstić information content (AvgIpc) is 2.20. The molecule has 0 saturated heterocycles. The maximum Gasteiger partial charge on any atom is 0.323 e. The SMILES string of the molecule is CC(C(=O)N(CCN(C)C)CC(=O)O)S(C)(=O)=O. The van der Waals surface area contributed by atoms with Crippen LogP contribution in [0.3, 0.4) is 0 Å². The van der Waals surface area contributed by atoms with E-state index in [1.54, 1.807) is 19.0 Å². The van der Waals surface area contributed by atoms with Crippen LogP contribution in [0.4, 0.5) is 0 Å². The molecule has 0 radical (unpaired) electrons. The molecule has 0 aromatic heterocycles. The van der Waals surface area contributed by atoms with Gasteiger partial charge in [0.1, 0.15) is 11.8 Å². The molecule has 0 aromatic carbocycles. The number of likely N-dealkylation sites (N-methyl/N-ethyl adjacent to an activating group) is 1. The third-order valence-corrected chi connectivity index (χ3v) is 3.93. The highest BCUT2D eigenvalue weighted by molar-refractivity contribution is 7.92. The monoisotopic (exact) mass is 280 g/mol. The Morgan fingerprint density at radius 3 is 2.06 bits per heavy atom. The summed E-state index contributed by atoms with van der Waals surface area (Å²) in [6.07, 6.45) is 0.959. The van der Waals surface area contributed by atoms with Gasteiger partial charge in [-0.25, -0.2) is 8.42 Å². The summed E-state index contributed by atoms with van der Waals surface area (Å²) in [5.41, 5.74) is 0. The lowest BCUT2D eigenvalue weighted by molar-refractivity contribution is -0.144. The summed E-state index contributed by atoms with van der Waals surface area (Å²) in [5.74, 6) is -1.84. The lowest BCUT2D eigenvalue weighted by Crippen LogP contribution is -2.46. The van der Waals surface area contributed by atoms with Gasteiger partial charge in [-0.05, 0) is 21.0 Å². The van der Waals surface area contributed by atoms with E-state index < -0.39 is 33.5 Å². The molecule has 0 saturated carbocycles. The number of carbonyl (C=O) groups excluding carboxylic acids is 1. The topological polar surface area (TPSA) is 95.0 Å². The molecular formula is C10H20N2O5S. The maximum atomic E-state index is 11.9. The van der Waals surface area contributed by atoms with E-state index in [1.807, 2.05) is 0 Å². The molecule has 0 aliphatic heterocycles. The van der Waals surface area contributed by atoms with Gasteiger partial charge in [-0.3, -0.25) is 9.59 Å². The van der Waals surface area contributed by atoms with Crippen LogP contribution in [0.25, 0.3) is 0 Å². The number of carboxylic acid groups (broad SMARTS) is 1. The van der Waals surface area contributed by atoms with Crippen LogP contribution in [0.15, 0.2) is 0 Å². The summed E-state index contributed by atoms with van der Waals surface area (Å²) >= 11 is 0. The largest absolute Gasteiger partial charge is 0.480 e. The van der Waals surface area contributed by atoms with Crippen LogP contribution in [0.5, 0.6) is 0 Å². The third kappa shape index (κ3) is 5.97. The minimum atomic E-state index is -3.52. The number of hydrogen-bond acceptors (Lipinski definition) is 5. The zero-order chi connectivity index (χ0) is 14.5. The highest BCUT2D eigenvalue weighted by Crippen LogP contribution is 2.04. The van der Waals surface area contributed by atoms with Gasteiger partial charge in [0.05, 0.1) is 0 Å². The minimum absolute atomic E-state index is 0.179. The number of rotatable bonds is 7. The van der Waals surface area contributed by atoms with Crippen LogP contribution in [0, 0.1) is 0 Å². The Kier molecular flexibility index (Phi) is 6.27. The van der Waals surface area contributed by atoms with Crippen LogP contribution in [0.2, 0.25) is 0 Å². The first-order valence-corrected chi connectivity index (χ1v) is 7.35. The van der Waals surface area contributed by atoms with E-state index in [4.69, 9.17) is 5.11 Å². The van der Waals surface area contributed by atoms with Gasteiger partial charge in [0.25, 0.3) is 0 Å². The molecule has 1 atom stereocenters. The molecule has 8 heteroatoms. The van der Waals surface area contributed by atoms with Gasteiger partial charge in [-0.1, -0.05) is 0 Å². The molecule has 0 fully saturated rings. The van der Waals surface area contributed by atoms with E-state index in [2.05, 4.69) is 0 Å². The van der Waals surface area contributed by atoms with Crippen LogP contribution in [-0.4, -0.2) is 80.4 Å². The molecule has 18 heavy (non-hydrogen) atoms. The maximum absolute atomic E-state index is 11.9. The van der Waals surface area contributed by atoms with E-state index >= 15 is 0 Å². The molecule has 0 bridgehead atoms. The van der Waals surface area contributed by atoms with Gasteiger partial charge in [0, 0.05) is 19.3 Å². The summed E-state index contributed by atoms with van der Waals surface area (Å²) in [4.78, 5) is 25.4. The quantitative estimate of drug-likeness (QED) is 0.635. The fourth-order valence-electron chi connectivity index (χ4n) is 1.19. The highest BCUT2D eigenvalue weighted by Gasteiger charge is 2.29. The second-order valence-corrected chi connectivity index (χ2v) is 6.79. The van der Waals surface area contributed by atoms with Gasteiger partial charge in [-0.15, -0.1) is 0 Å². The standard InChI is InChI=1S/C10H20N2O5S/c1-8(18(4,16)17)10(15)12(7-9(13)14)6-5-11(2)3/h8H,5-7H2,1-4H3,(H,13,14). The van der Waals surface area contributed by atoms with Crippen molar-refractivity contribution in [2.45, 2.75) is 12.2 Å². The first kappa shape index (κ1) is 16.9. The second kappa shape index (κ2) is 6.69. The average molecular weight is 280 g/mol. The molecule has 0 aliphatic carbocycles. The Labute approximate surface area is 107 Å². The second-order valence-electron chi connectivity index (χ2n) is 4.43. The number of carboxylic acids is 1. The number of aliphatic carboxylic acids is 1. The number of amides is 1. The van der Waals surface area contributed by atoms with E-state index in [-0.39, 0.29) is 6.54 Å². The van der Waals surface area contributed by atoms with Crippen LogP contribution >= 0.6 is 0 Å². The number of nitrogens with zero attached hydrogens (tertiary/aromatic N) is 2. The predicted octanol–water partition coefficient (Wildman–Crippen LogP) is -1.11. The van der Waals surface area contributed by atoms with Crippen molar-refractivity contribution in [3.8, 4) is 0 Å². The Morgan fingerprint density at radius 2 is 1.72 bits per heavy atom. The lowest BCUT2D eigenvalue weighted by atomic mass is 10.3. The molecule has 0 rings (SSSR count). The fraction of sp³-hybridized carbons (Fsp3) is 0.800. The summed E-state index contributed by atoms with van der Waals surface area (Å²) in [6.45, 7) is 1.42. The van der Waals surface area contributed by atoms with Crippen molar-refractivity contribution in [2.24, 2.45) is 0 Å². The Morgan fingerprint density at radius 1 is 1.22 bits per heavy atom. The number of hydrogen-bond donors (Lipinski definition) is 1. The van der Waals surface area contributed by atoms with Gasteiger partial charge in [0.15, 0.2) is 9.84 Å². The van der Waals surface area contributed by atoms with Crippen molar-refractivity contribution in [2.75, 3.05) is 40.0 Å². The Hall–Kier alpha value is -1.15. The van der Waals surface area contributed by atoms with Crippen molar-refractivity contribution in [3.63, 3.8) is 0 Å². The summed E-state index contributed by atoms with van der Waals surface area (Å²) < 4.78 is 22.6. The van der Waals surface area contributed by atoms with Crippen molar-refractivity contribution >= 4 is 21.7 Å². The fourth-order valence-corrected chi connectivity index (χ4v) is 1.71. The predicted molar refractivity (Wildman–Crippen MR) is 67.1 cm³/mol. The van der Waals surface area contributed by atoms with Crippen molar-refractivity contribution < 1.29 is 23.1 Å². The Bertz CT molecular complexity index is 404. The van der Waals surface area contributed by atoms with Gasteiger partial charge in [0.2, 0.25) is 5.91 Å². The van der Waals surface area contributed by atoms with Gasteiger partial charge in [-0.2, -0.15) is 0 Å². The number of sulfone groups is 1.